The Morgan fingerprint density at radius 1 is 1.21 bits per heavy atom. The van der Waals surface area contributed by atoms with Gasteiger partial charge in [0.15, 0.2) is 0 Å². The fourth-order valence-corrected chi connectivity index (χ4v) is 4.36. The van der Waals surface area contributed by atoms with Gasteiger partial charge in [-0.25, -0.2) is 13.1 Å². The van der Waals surface area contributed by atoms with E-state index in [4.69, 9.17) is 4.74 Å². The normalized spacial score (nSPS) is 21.9. The number of hydrogen-bond donors (Lipinski definition) is 2. The van der Waals surface area contributed by atoms with Gasteiger partial charge in [0.2, 0.25) is 10.0 Å². The van der Waals surface area contributed by atoms with Gasteiger partial charge in [0, 0.05) is 24.8 Å². The van der Waals surface area contributed by atoms with Gasteiger partial charge in [-0.2, -0.15) is 0 Å². The molecule has 2 aliphatic rings. The lowest BCUT2D eigenvalue weighted by atomic mass is 10.1. The van der Waals surface area contributed by atoms with Crippen LogP contribution in [0.2, 0.25) is 0 Å². The molecule has 1 aliphatic heterocycles. The monoisotopic (exact) mass is 352 g/mol. The summed E-state index contributed by atoms with van der Waals surface area (Å²) in [5.74, 6) is 0.0109. The maximum atomic E-state index is 12.4. The van der Waals surface area contributed by atoms with Crippen molar-refractivity contribution in [2.75, 3.05) is 19.8 Å². The minimum Gasteiger partial charge on any atom is -0.381 e. The first-order valence-corrected chi connectivity index (χ1v) is 10.0. The summed E-state index contributed by atoms with van der Waals surface area (Å²) in [6, 6.07) is 6.42. The average Bonchev–Trinajstić information content (AvgIpc) is 3.27. The zero-order valence-corrected chi connectivity index (χ0v) is 14.5. The number of carbonyl (C=O) groups is 1. The van der Waals surface area contributed by atoms with Gasteiger partial charge in [-0.3, -0.25) is 4.79 Å². The Balaban J connectivity index is 1.65. The molecule has 1 aliphatic carbocycles. The molecule has 0 spiro atoms. The molecule has 1 heterocycles. The lowest BCUT2D eigenvalue weighted by molar-refractivity contribution is 0.0937. The first kappa shape index (κ1) is 17.4. The Labute approximate surface area is 143 Å². The van der Waals surface area contributed by atoms with E-state index in [0.717, 1.165) is 32.1 Å². The van der Waals surface area contributed by atoms with Crippen LogP contribution in [0.1, 0.15) is 42.5 Å². The average molecular weight is 352 g/mol. The van der Waals surface area contributed by atoms with Crippen molar-refractivity contribution in [3.63, 3.8) is 0 Å². The first-order chi connectivity index (χ1) is 11.5. The van der Waals surface area contributed by atoms with Crippen molar-refractivity contribution in [3.05, 3.63) is 29.8 Å². The van der Waals surface area contributed by atoms with Gasteiger partial charge in [-0.1, -0.05) is 18.9 Å². The topological polar surface area (TPSA) is 84.5 Å². The second kappa shape index (κ2) is 7.63. The van der Waals surface area contributed by atoms with Crippen LogP contribution in [0, 0.1) is 5.92 Å². The molecule has 1 aromatic carbocycles. The van der Waals surface area contributed by atoms with Gasteiger partial charge in [0.05, 0.1) is 11.5 Å². The number of benzene rings is 1. The molecule has 132 valence electrons. The highest BCUT2D eigenvalue weighted by molar-refractivity contribution is 7.89. The summed E-state index contributed by atoms with van der Waals surface area (Å²) >= 11 is 0. The molecule has 24 heavy (non-hydrogen) atoms. The van der Waals surface area contributed by atoms with E-state index in [9.17, 15) is 13.2 Å². The smallest absolute Gasteiger partial charge is 0.251 e. The molecule has 2 fully saturated rings. The molecule has 1 aromatic rings. The molecule has 0 bridgehead atoms. The molecule has 1 unspecified atom stereocenters. The van der Waals surface area contributed by atoms with Crippen LogP contribution in [0.15, 0.2) is 29.2 Å². The summed E-state index contributed by atoms with van der Waals surface area (Å²) in [5, 5.41) is 2.98. The summed E-state index contributed by atoms with van der Waals surface area (Å²) in [7, 11) is -3.62. The highest BCUT2D eigenvalue weighted by Gasteiger charge is 2.22. The lowest BCUT2D eigenvalue weighted by Crippen LogP contribution is -2.33. The number of carbonyl (C=O) groups excluding carboxylic acids is 1. The molecular weight excluding hydrogens is 328 g/mol. The minimum atomic E-state index is -3.62. The van der Waals surface area contributed by atoms with Gasteiger partial charge in [-0.15, -0.1) is 0 Å². The van der Waals surface area contributed by atoms with E-state index in [1.165, 1.54) is 12.1 Å². The predicted molar refractivity (Wildman–Crippen MR) is 90.3 cm³/mol. The van der Waals surface area contributed by atoms with E-state index < -0.39 is 10.0 Å². The maximum Gasteiger partial charge on any atom is 0.251 e. The number of ether oxygens (including phenoxy) is 1. The van der Waals surface area contributed by atoms with Crippen molar-refractivity contribution in [2.45, 2.75) is 43.0 Å². The van der Waals surface area contributed by atoms with E-state index in [0.29, 0.717) is 25.3 Å². The van der Waals surface area contributed by atoms with Crippen molar-refractivity contribution in [1.82, 2.24) is 10.0 Å². The molecule has 1 atom stereocenters. The van der Waals surface area contributed by atoms with Crippen LogP contribution in [-0.4, -0.2) is 40.1 Å². The summed E-state index contributed by atoms with van der Waals surface area (Å²) in [6.07, 6.45) is 5.12. The number of hydrogen-bond acceptors (Lipinski definition) is 4. The van der Waals surface area contributed by atoms with Crippen molar-refractivity contribution >= 4 is 15.9 Å². The molecule has 1 amide bonds. The van der Waals surface area contributed by atoms with Crippen LogP contribution in [0.5, 0.6) is 0 Å². The van der Waals surface area contributed by atoms with Crippen LogP contribution in [0.3, 0.4) is 0 Å². The molecule has 2 N–H and O–H groups in total. The number of sulfonamides is 1. The van der Waals surface area contributed by atoms with Crippen LogP contribution in [0.4, 0.5) is 0 Å². The first-order valence-electron chi connectivity index (χ1n) is 8.53. The SMILES string of the molecule is O=C(NC1CCCC1)c1cccc(S(=O)(=O)NCC2CCOC2)c1. The number of rotatable bonds is 6. The van der Waals surface area contributed by atoms with Crippen LogP contribution < -0.4 is 10.0 Å². The summed E-state index contributed by atoms with van der Waals surface area (Å²) in [5.41, 5.74) is 0.383. The van der Waals surface area contributed by atoms with Crippen molar-refractivity contribution in [1.29, 1.82) is 0 Å². The third-order valence-electron chi connectivity index (χ3n) is 4.68. The quantitative estimate of drug-likeness (QED) is 0.816. The summed E-state index contributed by atoms with van der Waals surface area (Å²) in [6.45, 7) is 1.64. The zero-order chi connectivity index (χ0) is 17.0. The van der Waals surface area contributed by atoms with Crippen LogP contribution in [0.25, 0.3) is 0 Å². The second-order valence-corrected chi connectivity index (χ2v) is 8.33. The molecule has 1 saturated heterocycles. The summed E-state index contributed by atoms with van der Waals surface area (Å²) < 4.78 is 32.7. The Morgan fingerprint density at radius 3 is 2.71 bits per heavy atom. The predicted octanol–water partition coefficient (Wildman–Crippen LogP) is 1.67. The largest absolute Gasteiger partial charge is 0.381 e. The Bertz CT molecular complexity index is 678. The molecule has 7 heteroatoms. The van der Waals surface area contributed by atoms with E-state index >= 15 is 0 Å². The zero-order valence-electron chi connectivity index (χ0n) is 13.7. The third kappa shape index (κ3) is 4.34. The van der Waals surface area contributed by atoms with Crippen LogP contribution in [-0.2, 0) is 14.8 Å². The lowest BCUT2D eigenvalue weighted by Gasteiger charge is -2.13. The van der Waals surface area contributed by atoms with E-state index in [-0.39, 0.29) is 22.8 Å². The van der Waals surface area contributed by atoms with Crippen molar-refractivity contribution in [3.8, 4) is 0 Å². The van der Waals surface area contributed by atoms with Crippen LogP contribution >= 0.6 is 0 Å². The molecular formula is C17H24N2O4S. The maximum absolute atomic E-state index is 12.4. The van der Waals surface area contributed by atoms with E-state index in [1.807, 2.05) is 0 Å². The molecule has 1 saturated carbocycles. The third-order valence-corrected chi connectivity index (χ3v) is 6.10. The molecule has 6 nitrogen and oxygen atoms in total. The Morgan fingerprint density at radius 2 is 2.00 bits per heavy atom. The highest BCUT2D eigenvalue weighted by Crippen LogP contribution is 2.19. The molecule has 0 aromatic heterocycles. The fourth-order valence-electron chi connectivity index (χ4n) is 3.20. The van der Waals surface area contributed by atoms with Gasteiger partial charge in [0.1, 0.15) is 0 Å². The van der Waals surface area contributed by atoms with Crippen molar-refractivity contribution in [2.24, 2.45) is 5.92 Å². The standard InChI is InChI=1S/C17H24N2O4S/c20-17(19-15-5-1-2-6-15)14-4-3-7-16(10-14)24(21,22)18-11-13-8-9-23-12-13/h3-4,7,10,13,15,18H,1-2,5-6,8-9,11-12H2,(H,19,20). The Kier molecular flexibility index (Phi) is 5.53. The van der Waals surface area contributed by atoms with E-state index in [2.05, 4.69) is 10.0 Å². The summed E-state index contributed by atoms with van der Waals surface area (Å²) in [4.78, 5) is 12.4. The Hall–Kier alpha value is -1.44. The second-order valence-electron chi connectivity index (χ2n) is 6.56. The highest BCUT2D eigenvalue weighted by atomic mass is 32.2. The van der Waals surface area contributed by atoms with E-state index in [1.54, 1.807) is 12.1 Å². The van der Waals surface area contributed by atoms with Gasteiger partial charge in [0.25, 0.3) is 5.91 Å². The fraction of sp³-hybridized carbons (Fsp3) is 0.588. The number of amides is 1. The van der Waals surface area contributed by atoms with Gasteiger partial charge >= 0.3 is 0 Å². The molecule has 3 rings (SSSR count). The number of nitrogens with one attached hydrogen (secondary N) is 2. The van der Waals surface area contributed by atoms with Gasteiger partial charge < -0.3 is 10.1 Å². The van der Waals surface area contributed by atoms with Crippen molar-refractivity contribution < 1.29 is 17.9 Å². The van der Waals surface area contributed by atoms with Gasteiger partial charge in [-0.05, 0) is 43.4 Å². The molecule has 0 radical (unpaired) electrons. The minimum absolute atomic E-state index is 0.125.